The molecule has 0 saturated carbocycles. The number of carbonyl (C=O) groups excluding carboxylic acids is 2. The van der Waals surface area contributed by atoms with E-state index in [1.165, 1.54) is 11.0 Å². The van der Waals surface area contributed by atoms with Crippen LogP contribution in [0.1, 0.15) is 21.5 Å². The topological polar surface area (TPSA) is 37.4 Å². The molecule has 0 aliphatic carbocycles. The summed E-state index contributed by atoms with van der Waals surface area (Å²) in [7, 11) is 0. The smallest absolute Gasteiger partial charge is 0.299 e. The second-order valence-electron chi connectivity index (χ2n) is 4.93. The quantitative estimate of drug-likeness (QED) is 0.778. The summed E-state index contributed by atoms with van der Waals surface area (Å²) in [4.78, 5) is 25.6. The van der Waals surface area contributed by atoms with Gasteiger partial charge < -0.3 is 4.90 Å². The molecule has 0 fully saturated rings. The maximum Gasteiger partial charge on any atom is 0.299 e. The molecule has 1 aliphatic heterocycles. The second kappa shape index (κ2) is 5.07. The molecular weight excluding hydrogens is 337 g/mol. The summed E-state index contributed by atoms with van der Waals surface area (Å²) in [6.07, 6.45) is 0. The van der Waals surface area contributed by atoms with Crippen molar-refractivity contribution in [1.29, 1.82) is 0 Å². The lowest BCUT2D eigenvalue weighted by Gasteiger charge is -2.19. The number of carbonyl (C=O) groups is 2. The van der Waals surface area contributed by atoms with Crippen LogP contribution in [0.5, 0.6) is 0 Å². The van der Waals surface area contributed by atoms with E-state index in [0.29, 0.717) is 11.3 Å². The second-order valence-corrected chi connectivity index (χ2v) is 5.79. The van der Waals surface area contributed by atoms with E-state index in [4.69, 9.17) is 0 Å². The van der Waals surface area contributed by atoms with Crippen LogP contribution < -0.4 is 4.90 Å². The molecule has 0 bridgehead atoms. The zero-order valence-electron chi connectivity index (χ0n) is 11.2. The van der Waals surface area contributed by atoms with Gasteiger partial charge in [-0.3, -0.25) is 9.59 Å². The minimum atomic E-state index is -0.653. The molecule has 3 rings (SSSR count). The van der Waals surface area contributed by atoms with Crippen LogP contribution in [0.3, 0.4) is 0 Å². The van der Waals surface area contributed by atoms with Crippen LogP contribution in [0.2, 0.25) is 0 Å². The first-order valence-corrected chi connectivity index (χ1v) is 7.18. The Labute approximate surface area is 129 Å². The monoisotopic (exact) mass is 347 g/mol. The fraction of sp³-hybridized carbons (Fsp3) is 0.125. The Balaban J connectivity index is 2.08. The molecule has 1 heterocycles. The van der Waals surface area contributed by atoms with Crippen LogP contribution in [-0.2, 0) is 11.3 Å². The fourth-order valence-electron chi connectivity index (χ4n) is 2.55. The van der Waals surface area contributed by atoms with Crippen molar-refractivity contribution in [2.24, 2.45) is 0 Å². The van der Waals surface area contributed by atoms with E-state index in [9.17, 15) is 14.0 Å². The number of hydrogen-bond acceptors (Lipinski definition) is 2. The molecule has 0 saturated heterocycles. The van der Waals surface area contributed by atoms with Gasteiger partial charge in [0.1, 0.15) is 5.82 Å². The third kappa shape index (κ3) is 2.27. The maximum atomic E-state index is 13.5. The molecule has 1 amide bonds. The summed E-state index contributed by atoms with van der Waals surface area (Å²) < 4.78 is 14.3. The summed E-state index contributed by atoms with van der Waals surface area (Å²) in [6, 6.07) is 9.94. The van der Waals surface area contributed by atoms with Crippen molar-refractivity contribution in [3.8, 4) is 0 Å². The van der Waals surface area contributed by atoms with E-state index in [2.05, 4.69) is 15.9 Å². The largest absolute Gasteiger partial charge is 0.300 e. The van der Waals surface area contributed by atoms with Gasteiger partial charge in [-0.25, -0.2) is 4.39 Å². The summed E-state index contributed by atoms with van der Waals surface area (Å²) in [5.74, 6) is -1.77. The average Bonchev–Trinajstić information content (AvgIpc) is 2.67. The lowest BCUT2D eigenvalue weighted by Crippen LogP contribution is -2.29. The number of nitrogens with zero attached hydrogens (tertiary/aromatic N) is 1. The Kier molecular flexibility index (Phi) is 3.37. The molecule has 0 aromatic heterocycles. The molecule has 0 atom stereocenters. The number of anilines is 1. The highest BCUT2D eigenvalue weighted by Gasteiger charge is 2.37. The van der Waals surface area contributed by atoms with Gasteiger partial charge in [0.15, 0.2) is 0 Å². The number of Topliss-reactive ketones (excluding diaryl/α,β-unsaturated/α-hetero) is 1. The van der Waals surface area contributed by atoms with Crippen LogP contribution in [0.4, 0.5) is 10.1 Å². The zero-order valence-corrected chi connectivity index (χ0v) is 12.8. The molecule has 0 N–H and O–H groups in total. The molecular formula is C16H11BrFNO2. The van der Waals surface area contributed by atoms with Crippen molar-refractivity contribution in [1.82, 2.24) is 0 Å². The van der Waals surface area contributed by atoms with Crippen molar-refractivity contribution in [3.63, 3.8) is 0 Å². The standard InChI is InChI=1S/C16H11BrFNO2/c1-9-6-11(18)7-12-14(9)19(16(21)15(12)20)8-10-4-2-3-5-13(10)17/h2-7H,8H2,1H3. The third-order valence-corrected chi connectivity index (χ3v) is 4.28. The molecule has 0 radical (unpaired) electrons. The van der Waals surface area contributed by atoms with Crippen LogP contribution in [0.25, 0.3) is 0 Å². The SMILES string of the molecule is Cc1cc(F)cc2c1N(Cc1ccccc1Br)C(=O)C2=O. The summed E-state index contributed by atoms with van der Waals surface area (Å²) in [6.45, 7) is 1.96. The number of aryl methyl sites for hydroxylation is 1. The molecule has 1 aliphatic rings. The summed E-state index contributed by atoms with van der Waals surface area (Å²) in [5.41, 5.74) is 2.11. The van der Waals surface area contributed by atoms with Gasteiger partial charge in [-0.2, -0.15) is 0 Å². The first kappa shape index (κ1) is 13.9. The Morgan fingerprint density at radius 1 is 1.19 bits per heavy atom. The van der Waals surface area contributed by atoms with Gasteiger partial charge in [0, 0.05) is 4.47 Å². The first-order chi connectivity index (χ1) is 9.99. The molecule has 2 aromatic rings. The lowest BCUT2D eigenvalue weighted by molar-refractivity contribution is -0.114. The van der Waals surface area contributed by atoms with E-state index in [1.54, 1.807) is 6.92 Å². The van der Waals surface area contributed by atoms with E-state index < -0.39 is 17.5 Å². The van der Waals surface area contributed by atoms with E-state index >= 15 is 0 Å². The van der Waals surface area contributed by atoms with Crippen LogP contribution in [0, 0.1) is 12.7 Å². The highest BCUT2D eigenvalue weighted by Crippen LogP contribution is 2.35. The number of amides is 1. The van der Waals surface area contributed by atoms with Crippen LogP contribution in [-0.4, -0.2) is 11.7 Å². The number of hydrogen-bond donors (Lipinski definition) is 0. The fourth-order valence-corrected chi connectivity index (χ4v) is 2.96. The van der Waals surface area contributed by atoms with E-state index in [1.807, 2.05) is 24.3 Å². The Bertz CT molecular complexity index is 773. The Hall–Kier alpha value is -2.01. The maximum absolute atomic E-state index is 13.5. The summed E-state index contributed by atoms with van der Waals surface area (Å²) >= 11 is 3.43. The van der Waals surface area contributed by atoms with Crippen molar-refractivity contribution in [2.45, 2.75) is 13.5 Å². The predicted molar refractivity (Wildman–Crippen MR) is 80.8 cm³/mol. The van der Waals surface area contributed by atoms with Crippen molar-refractivity contribution in [3.05, 3.63) is 63.4 Å². The number of ketones is 1. The molecule has 0 spiro atoms. The Morgan fingerprint density at radius 2 is 1.90 bits per heavy atom. The van der Waals surface area contributed by atoms with E-state index in [-0.39, 0.29) is 12.1 Å². The van der Waals surface area contributed by atoms with E-state index in [0.717, 1.165) is 16.1 Å². The predicted octanol–water partition coefficient (Wildman–Crippen LogP) is 3.63. The first-order valence-electron chi connectivity index (χ1n) is 6.39. The van der Waals surface area contributed by atoms with Gasteiger partial charge in [0.2, 0.25) is 0 Å². The molecule has 21 heavy (non-hydrogen) atoms. The van der Waals surface area contributed by atoms with Crippen molar-refractivity contribution < 1.29 is 14.0 Å². The van der Waals surface area contributed by atoms with Gasteiger partial charge in [-0.05, 0) is 36.2 Å². The van der Waals surface area contributed by atoms with Gasteiger partial charge >= 0.3 is 0 Å². The number of benzene rings is 2. The zero-order chi connectivity index (χ0) is 15.1. The molecule has 2 aromatic carbocycles. The van der Waals surface area contributed by atoms with Crippen LogP contribution >= 0.6 is 15.9 Å². The summed E-state index contributed by atoms with van der Waals surface area (Å²) in [5, 5.41) is 0. The van der Waals surface area contributed by atoms with Gasteiger partial charge in [-0.1, -0.05) is 34.1 Å². The van der Waals surface area contributed by atoms with Gasteiger partial charge in [-0.15, -0.1) is 0 Å². The molecule has 5 heteroatoms. The molecule has 3 nitrogen and oxygen atoms in total. The normalized spacial score (nSPS) is 13.8. The minimum absolute atomic E-state index is 0.143. The van der Waals surface area contributed by atoms with Crippen molar-refractivity contribution >= 4 is 33.3 Å². The third-order valence-electron chi connectivity index (χ3n) is 3.51. The molecule has 106 valence electrons. The van der Waals surface area contributed by atoms with Gasteiger partial charge in [0.25, 0.3) is 11.7 Å². The van der Waals surface area contributed by atoms with Gasteiger partial charge in [0.05, 0.1) is 17.8 Å². The number of rotatable bonds is 2. The average molecular weight is 348 g/mol. The number of halogens is 2. The molecule has 0 unspecified atom stereocenters. The highest BCUT2D eigenvalue weighted by molar-refractivity contribution is 9.10. The van der Waals surface area contributed by atoms with Crippen LogP contribution in [0.15, 0.2) is 40.9 Å². The minimum Gasteiger partial charge on any atom is -0.300 e. The van der Waals surface area contributed by atoms with Crippen molar-refractivity contribution in [2.75, 3.05) is 4.90 Å². The number of fused-ring (bicyclic) bond motifs is 1. The highest BCUT2D eigenvalue weighted by atomic mass is 79.9. The lowest BCUT2D eigenvalue weighted by atomic mass is 10.1. The Morgan fingerprint density at radius 3 is 2.62 bits per heavy atom.